The lowest BCUT2D eigenvalue weighted by molar-refractivity contribution is -0.142. The van der Waals surface area contributed by atoms with Gasteiger partial charge < -0.3 is 35.2 Å². The Morgan fingerprint density at radius 2 is 1.75 bits per heavy atom. The van der Waals surface area contributed by atoms with E-state index in [0.717, 1.165) is 55.4 Å². The standard InChI is InChI=1S/C38H42FN3O8S/c39-27-10-12-28(13-11-27)42-35(36(37(42)46)51-22-31(43)26-7-6-24-16-17-49-32(24)19-26)25-8-14-29(15-9-25)50-21-34(45)40-20-33(44)41-30(38(47)48)18-23-4-2-1-3-5-23/h6-15,19,23,30-31,35-36,43H,1-5,16-18,20-22H2,(H,40,45)(H,41,44)(H,47,48). The Hall–Kier alpha value is -4.62. The van der Waals surface area contributed by atoms with Crippen LogP contribution in [0.15, 0.2) is 66.7 Å². The number of benzene rings is 3. The number of aliphatic hydroxyl groups excluding tert-OH is 1. The second-order valence-electron chi connectivity index (χ2n) is 13.2. The molecule has 2 heterocycles. The Morgan fingerprint density at radius 1 is 1.00 bits per heavy atom. The normalized spacial score (nSPS) is 19.6. The minimum absolute atomic E-state index is 0.161. The van der Waals surface area contributed by atoms with Crippen LogP contribution in [-0.2, 0) is 25.6 Å². The molecule has 1 saturated heterocycles. The molecule has 0 radical (unpaired) electrons. The number of ether oxygens (including phenoxy) is 2. The average Bonchev–Trinajstić information content (AvgIpc) is 3.61. The molecule has 0 aromatic heterocycles. The van der Waals surface area contributed by atoms with E-state index in [4.69, 9.17) is 9.47 Å². The van der Waals surface area contributed by atoms with E-state index in [1.165, 1.54) is 23.9 Å². The lowest BCUT2D eigenvalue weighted by Gasteiger charge is -2.47. The molecule has 2 aliphatic heterocycles. The Kier molecular flexibility index (Phi) is 11.8. The molecule has 13 heteroatoms. The number of halogens is 1. The summed E-state index contributed by atoms with van der Waals surface area (Å²) >= 11 is 1.35. The molecule has 1 saturated carbocycles. The maximum atomic E-state index is 13.7. The zero-order valence-electron chi connectivity index (χ0n) is 28.1. The van der Waals surface area contributed by atoms with Crippen molar-refractivity contribution in [1.82, 2.24) is 10.6 Å². The number of carboxylic acids is 1. The summed E-state index contributed by atoms with van der Waals surface area (Å²) in [6.07, 6.45) is 5.58. The van der Waals surface area contributed by atoms with Gasteiger partial charge in [0.25, 0.3) is 5.91 Å². The molecule has 11 nitrogen and oxygen atoms in total. The molecule has 4 unspecified atom stereocenters. The van der Waals surface area contributed by atoms with E-state index in [1.807, 2.05) is 18.2 Å². The minimum atomic E-state index is -1.09. The molecule has 0 bridgehead atoms. The Labute approximate surface area is 299 Å². The monoisotopic (exact) mass is 719 g/mol. The van der Waals surface area contributed by atoms with Gasteiger partial charge in [0.1, 0.15) is 28.6 Å². The fourth-order valence-corrected chi connectivity index (χ4v) is 8.18. The molecular weight excluding hydrogens is 677 g/mol. The summed E-state index contributed by atoms with van der Waals surface area (Å²) in [5, 5.41) is 25.0. The lowest BCUT2D eigenvalue weighted by atomic mass is 9.85. The van der Waals surface area contributed by atoms with Gasteiger partial charge in [0.15, 0.2) is 6.61 Å². The number of aliphatic hydroxyl groups is 1. The van der Waals surface area contributed by atoms with E-state index < -0.39 is 47.0 Å². The van der Waals surface area contributed by atoms with Crippen LogP contribution in [0.4, 0.5) is 10.1 Å². The van der Waals surface area contributed by atoms with Crippen molar-refractivity contribution in [2.24, 2.45) is 5.92 Å². The number of aliphatic carboxylic acids is 1. The molecule has 1 aliphatic carbocycles. The van der Waals surface area contributed by atoms with Gasteiger partial charge in [0, 0.05) is 17.9 Å². The van der Waals surface area contributed by atoms with Gasteiger partial charge in [0.05, 0.1) is 25.3 Å². The molecule has 270 valence electrons. The summed E-state index contributed by atoms with van der Waals surface area (Å²) in [7, 11) is 0. The Morgan fingerprint density at radius 3 is 2.47 bits per heavy atom. The van der Waals surface area contributed by atoms with Crippen LogP contribution in [0.25, 0.3) is 0 Å². The third-order valence-electron chi connectivity index (χ3n) is 9.65. The molecule has 3 aliphatic rings. The van der Waals surface area contributed by atoms with Crippen molar-refractivity contribution in [3.05, 3.63) is 89.2 Å². The maximum absolute atomic E-state index is 13.7. The zero-order valence-corrected chi connectivity index (χ0v) is 28.9. The average molecular weight is 720 g/mol. The van der Waals surface area contributed by atoms with Gasteiger partial charge >= 0.3 is 5.97 Å². The number of carbonyl (C=O) groups is 4. The van der Waals surface area contributed by atoms with Gasteiger partial charge in [-0.1, -0.05) is 56.4 Å². The molecule has 0 spiro atoms. The number of nitrogens with one attached hydrogen (secondary N) is 2. The molecular formula is C38H42FN3O8S. The fraction of sp³-hybridized carbons (Fsp3) is 0.421. The minimum Gasteiger partial charge on any atom is -0.493 e. The Bertz CT molecular complexity index is 1720. The smallest absolute Gasteiger partial charge is 0.326 e. The summed E-state index contributed by atoms with van der Waals surface area (Å²) < 4.78 is 25.0. The van der Waals surface area contributed by atoms with Crippen LogP contribution in [-0.4, -0.2) is 70.7 Å². The fourth-order valence-electron chi connectivity index (χ4n) is 6.88. The molecule has 6 rings (SSSR count). The molecule has 3 amide bonds. The molecule has 4 N–H and O–H groups in total. The summed E-state index contributed by atoms with van der Waals surface area (Å²) in [5.41, 5.74) is 3.15. The Balaban J connectivity index is 1.03. The van der Waals surface area contributed by atoms with Crippen LogP contribution < -0.4 is 25.0 Å². The first-order valence-corrected chi connectivity index (χ1v) is 18.4. The number of thioether (sulfide) groups is 1. The first kappa shape index (κ1) is 36.2. The maximum Gasteiger partial charge on any atom is 0.326 e. The highest BCUT2D eigenvalue weighted by Gasteiger charge is 2.49. The molecule has 4 atom stereocenters. The van der Waals surface area contributed by atoms with Crippen LogP contribution in [0.1, 0.15) is 67.4 Å². The van der Waals surface area contributed by atoms with Crippen molar-refractivity contribution >= 4 is 41.1 Å². The van der Waals surface area contributed by atoms with Gasteiger partial charge in [-0.2, -0.15) is 0 Å². The van der Waals surface area contributed by atoms with Gasteiger partial charge in [-0.25, -0.2) is 9.18 Å². The summed E-state index contributed by atoms with van der Waals surface area (Å²) in [4.78, 5) is 51.6. The summed E-state index contributed by atoms with van der Waals surface area (Å²) in [6.45, 7) is -0.128. The quantitative estimate of drug-likeness (QED) is 0.164. The number of amides is 3. The van der Waals surface area contributed by atoms with E-state index in [1.54, 1.807) is 41.3 Å². The van der Waals surface area contributed by atoms with Crippen LogP contribution in [0, 0.1) is 11.7 Å². The number of hydrogen-bond donors (Lipinski definition) is 4. The largest absolute Gasteiger partial charge is 0.493 e. The van der Waals surface area contributed by atoms with Crippen LogP contribution in [0.5, 0.6) is 11.5 Å². The van der Waals surface area contributed by atoms with E-state index in [9.17, 15) is 33.8 Å². The molecule has 2 fully saturated rings. The zero-order chi connectivity index (χ0) is 35.9. The highest BCUT2D eigenvalue weighted by atomic mass is 32.2. The van der Waals surface area contributed by atoms with Crippen molar-refractivity contribution < 1.29 is 43.3 Å². The molecule has 3 aromatic rings. The number of β-lactam (4-membered cyclic amide) rings is 1. The van der Waals surface area contributed by atoms with E-state index in [0.29, 0.717) is 30.0 Å². The number of carbonyl (C=O) groups excluding carboxylic acids is 3. The number of fused-ring (bicyclic) bond motifs is 1. The van der Waals surface area contributed by atoms with Crippen molar-refractivity contribution in [2.45, 2.75) is 68.4 Å². The summed E-state index contributed by atoms with van der Waals surface area (Å²) in [5.74, 6) is -1.11. The number of hydrogen-bond acceptors (Lipinski definition) is 8. The first-order chi connectivity index (χ1) is 24.7. The number of nitrogens with zero attached hydrogens (tertiary/aromatic N) is 1. The first-order valence-electron chi connectivity index (χ1n) is 17.3. The SMILES string of the molecule is O=C(COc1ccc(C2C(SCC(O)c3ccc4c(c3)OCC4)C(=O)N2c2ccc(F)cc2)cc1)NCC(=O)NC(CC1CCCCC1)C(=O)O. The lowest BCUT2D eigenvalue weighted by Crippen LogP contribution is -2.57. The third kappa shape index (κ3) is 9.01. The highest BCUT2D eigenvalue weighted by Crippen LogP contribution is 2.46. The van der Waals surface area contributed by atoms with Gasteiger partial charge in [-0.3, -0.25) is 14.4 Å². The van der Waals surface area contributed by atoms with E-state index in [-0.39, 0.29) is 30.7 Å². The van der Waals surface area contributed by atoms with Crippen molar-refractivity contribution in [3.63, 3.8) is 0 Å². The topological polar surface area (TPSA) is 154 Å². The molecule has 51 heavy (non-hydrogen) atoms. The van der Waals surface area contributed by atoms with Gasteiger partial charge in [-0.15, -0.1) is 11.8 Å². The van der Waals surface area contributed by atoms with E-state index in [2.05, 4.69) is 10.6 Å². The predicted molar refractivity (Wildman–Crippen MR) is 189 cm³/mol. The van der Waals surface area contributed by atoms with Crippen molar-refractivity contribution in [3.8, 4) is 11.5 Å². The number of anilines is 1. The summed E-state index contributed by atoms with van der Waals surface area (Å²) in [6, 6.07) is 16.9. The third-order valence-corrected chi connectivity index (χ3v) is 11.0. The van der Waals surface area contributed by atoms with Crippen molar-refractivity contribution in [1.29, 1.82) is 0 Å². The van der Waals surface area contributed by atoms with Crippen molar-refractivity contribution in [2.75, 3.05) is 30.4 Å². The van der Waals surface area contributed by atoms with Crippen LogP contribution >= 0.6 is 11.8 Å². The van der Waals surface area contributed by atoms with Gasteiger partial charge in [0.2, 0.25) is 11.8 Å². The predicted octanol–water partition coefficient (Wildman–Crippen LogP) is 4.72. The van der Waals surface area contributed by atoms with Crippen LogP contribution in [0.2, 0.25) is 0 Å². The van der Waals surface area contributed by atoms with Gasteiger partial charge in [-0.05, 0) is 71.5 Å². The molecule has 3 aromatic carbocycles. The number of carboxylic acid groups (broad SMARTS) is 1. The van der Waals surface area contributed by atoms with Crippen LogP contribution in [0.3, 0.4) is 0 Å². The second-order valence-corrected chi connectivity index (χ2v) is 14.4. The highest BCUT2D eigenvalue weighted by molar-refractivity contribution is 8.00. The number of rotatable bonds is 15. The van der Waals surface area contributed by atoms with E-state index >= 15 is 0 Å². The second kappa shape index (κ2) is 16.6.